The van der Waals surface area contributed by atoms with Gasteiger partial charge in [-0.3, -0.25) is 9.52 Å². The minimum Gasteiger partial charge on any atom is -0.388 e. The summed E-state index contributed by atoms with van der Waals surface area (Å²) in [5.41, 5.74) is 2.10. The van der Waals surface area contributed by atoms with Crippen LogP contribution in [0.2, 0.25) is 0 Å². The van der Waals surface area contributed by atoms with Crippen molar-refractivity contribution in [1.82, 2.24) is 9.97 Å². The van der Waals surface area contributed by atoms with Crippen molar-refractivity contribution in [2.45, 2.75) is 50.7 Å². The number of aromatic nitrogens is 2. The van der Waals surface area contributed by atoms with Crippen LogP contribution in [0.4, 0.5) is 11.5 Å². The lowest BCUT2D eigenvalue weighted by molar-refractivity contribution is -0.0233. The molecule has 2 aliphatic heterocycles. The predicted octanol–water partition coefficient (Wildman–Crippen LogP) is 1.51. The normalized spacial score (nSPS) is 26.4. The molecule has 0 saturated carbocycles. The highest BCUT2D eigenvalue weighted by Crippen LogP contribution is 2.42. The van der Waals surface area contributed by atoms with E-state index in [2.05, 4.69) is 24.8 Å². The van der Waals surface area contributed by atoms with Crippen molar-refractivity contribution in [3.63, 3.8) is 0 Å². The molecule has 1 fully saturated rings. The number of nitrogens with one attached hydrogen (secondary N) is 1. The van der Waals surface area contributed by atoms with Gasteiger partial charge in [0.15, 0.2) is 5.82 Å². The highest BCUT2D eigenvalue weighted by Gasteiger charge is 2.48. The number of fused-ring (bicyclic) bond motifs is 1. The van der Waals surface area contributed by atoms with Gasteiger partial charge in [0, 0.05) is 12.8 Å². The van der Waals surface area contributed by atoms with Gasteiger partial charge in [0.1, 0.15) is 36.4 Å². The summed E-state index contributed by atoms with van der Waals surface area (Å²) in [7, 11) is -4.73. The minimum absolute atomic E-state index is 0.513. The van der Waals surface area contributed by atoms with E-state index in [1.807, 2.05) is 44.2 Å². The summed E-state index contributed by atoms with van der Waals surface area (Å²) < 4.78 is 21.0. The van der Waals surface area contributed by atoms with Gasteiger partial charge in [-0.25, -0.2) is 14.5 Å². The fraction of sp³-hybridized carbons (Fsp3) is 0.450. The number of aliphatic hydroxyl groups excluding tert-OH is 2. The first-order valence-corrected chi connectivity index (χ1v) is 11.7. The van der Waals surface area contributed by atoms with Gasteiger partial charge < -0.3 is 30.1 Å². The molecule has 3 heterocycles. The summed E-state index contributed by atoms with van der Waals surface area (Å²) in [6.45, 7) is 3.97. The second kappa shape index (κ2) is 10.6. The summed E-state index contributed by atoms with van der Waals surface area (Å²) >= 11 is 0. The van der Waals surface area contributed by atoms with Crippen molar-refractivity contribution >= 4 is 25.5 Å². The molecule has 5 atom stereocenters. The maximum absolute atomic E-state index is 10.9. The number of aliphatic hydroxyl groups is 2. The van der Waals surface area contributed by atoms with Gasteiger partial charge in [0.25, 0.3) is 0 Å². The molecule has 2 aromatic rings. The summed E-state index contributed by atoms with van der Waals surface area (Å²) in [6.07, 6.45) is -1.77. The summed E-state index contributed by atoms with van der Waals surface area (Å²) in [5, 5.41) is 23.8. The zero-order valence-electron chi connectivity index (χ0n) is 17.6. The van der Waals surface area contributed by atoms with Crippen LogP contribution >= 0.6 is 7.82 Å². The highest BCUT2D eigenvalue weighted by atomic mass is 31.2. The fourth-order valence-electron chi connectivity index (χ4n) is 3.52. The maximum Gasteiger partial charge on any atom is 0.469 e. The first kappa shape index (κ1) is 24.4. The Hall–Kier alpha value is -2.24. The zero-order valence-corrected chi connectivity index (χ0v) is 18.5. The van der Waals surface area contributed by atoms with E-state index < -0.39 is 44.8 Å². The molecule has 5 N–H and O–H groups in total. The number of ether oxygens (including phenoxy) is 1. The predicted molar refractivity (Wildman–Crippen MR) is 117 cm³/mol. The topological polar surface area (TPSA) is 167 Å². The van der Waals surface area contributed by atoms with Crippen LogP contribution in [-0.4, -0.2) is 67.2 Å². The Bertz CT molecular complexity index is 972. The van der Waals surface area contributed by atoms with Crippen LogP contribution in [-0.2, 0) is 20.4 Å². The van der Waals surface area contributed by atoms with Gasteiger partial charge in [-0.05, 0) is 5.56 Å². The van der Waals surface area contributed by atoms with Crippen LogP contribution in [0.25, 0.3) is 0 Å². The van der Waals surface area contributed by atoms with E-state index in [-0.39, 0.29) is 0 Å². The third kappa shape index (κ3) is 5.57. The average Bonchev–Trinajstić information content (AvgIpc) is 3.34. The summed E-state index contributed by atoms with van der Waals surface area (Å²) in [5.74, 6) is -0.0398. The molecular weight excluding hydrogens is 439 g/mol. The van der Waals surface area contributed by atoms with Gasteiger partial charge in [-0.15, -0.1) is 0 Å². The Morgan fingerprint density at radius 2 is 1.84 bits per heavy atom. The lowest BCUT2D eigenvalue weighted by Crippen LogP contribution is -2.36. The number of rotatable bonds is 7. The van der Waals surface area contributed by atoms with E-state index in [0.717, 1.165) is 5.56 Å². The molecule has 1 aromatic heterocycles. The largest absolute Gasteiger partial charge is 0.469 e. The Morgan fingerprint density at radius 1 is 1.12 bits per heavy atom. The standard InChI is InChI=1S/C18H21N4O7P.C2H6/c23-15-12(8-28-30(25,26)27)29-17(16(15)24)11-7-19-14-13(11)21-9-22-18(14)20-6-10-4-2-1-3-5-10;1-2/h1-5,7,9,11-12,15-17,23-24H,6,8H2,(H,20,21,22)(H2,25,26,27);1-2H3. The van der Waals surface area contributed by atoms with E-state index in [0.29, 0.717) is 23.7 Å². The molecule has 0 aliphatic carbocycles. The molecular formula is C20H27N4O7P. The van der Waals surface area contributed by atoms with Gasteiger partial charge in [-0.2, -0.15) is 0 Å². The van der Waals surface area contributed by atoms with Crippen molar-refractivity contribution in [3.05, 3.63) is 47.9 Å². The zero-order chi connectivity index (χ0) is 23.3. The van der Waals surface area contributed by atoms with Crippen molar-refractivity contribution < 1.29 is 33.8 Å². The first-order chi connectivity index (χ1) is 15.3. The van der Waals surface area contributed by atoms with Gasteiger partial charge in [0.05, 0.1) is 18.2 Å². The molecule has 1 aromatic carbocycles. The molecule has 2 aliphatic rings. The first-order valence-electron chi connectivity index (χ1n) is 10.2. The summed E-state index contributed by atoms with van der Waals surface area (Å²) in [4.78, 5) is 30.6. The number of nitrogens with zero attached hydrogens (tertiary/aromatic N) is 3. The second-order valence-electron chi connectivity index (χ2n) is 7.01. The Labute approximate surface area is 185 Å². The van der Waals surface area contributed by atoms with Gasteiger partial charge in [-0.1, -0.05) is 44.2 Å². The number of anilines is 1. The molecule has 11 nitrogen and oxygen atoms in total. The molecule has 0 amide bonds. The lowest BCUT2D eigenvalue weighted by atomic mass is 9.94. The molecule has 1 saturated heterocycles. The van der Waals surface area contributed by atoms with Crippen LogP contribution in [0, 0.1) is 0 Å². The Balaban J connectivity index is 0.00000141. The van der Waals surface area contributed by atoms with E-state index >= 15 is 0 Å². The van der Waals surface area contributed by atoms with Crippen LogP contribution in [0.3, 0.4) is 0 Å². The molecule has 0 spiro atoms. The molecule has 4 rings (SSSR count). The van der Waals surface area contributed by atoms with E-state index in [1.165, 1.54) is 6.33 Å². The molecule has 32 heavy (non-hydrogen) atoms. The number of aliphatic imine (C=N–C) groups is 1. The van der Waals surface area contributed by atoms with Crippen LogP contribution in [0.15, 0.2) is 41.7 Å². The number of phosphoric ester groups is 1. The molecule has 0 bridgehead atoms. The third-order valence-corrected chi connectivity index (χ3v) is 5.48. The number of hydrogen-bond acceptors (Lipinski definition) is 9. The van der Waals surface area contributed by atoms with Gasteiger partial charge in [0.2, 0.25) is 0 Å². The van der Waals surface area contributed by atoms with Crippen molar-refractivity contribution in [1.29, 1.82) is 0 Å². The SMILES string of the molecule is CC.O=P(O)(O)OCC1OC(C2C=Nc3c(NCc4ccccc4)ncnc32)C(O)C1O. The molecule has 5 unspecified atom stereocenters. The van der Waals surface area contributed by atoms with Crippen molar-refractivity contribution in [3.8, 4) is 0 Å². The smallest absolute Gasteiger partial charge is 0.388 e. The minimum atomic E-state index is -4.73. The monoisotopic (exact) mass is 466 g/mol. The third-order valence-electron chi connectivity index (χ3n) is 4.99. The number of phosphoric acid groups is 1. The maximum atomic E-state index is 10.9. The number of hydrogen-bond donors (Lipinski definition) is 5. The van der Waals surface area contributed by atoms with Crippen molar-refractivity contribution in [2.75, 3.05) is 11.9 Å². The van der Waals surface area contributed by atoms with E-state index in [9.17, 15) is 14.8 Å². The van der Waals surface area contributed by atoms with E-state index in [1.54, 1.807) is 6.21 Å². The van der Waals surface area contributed by atoms with Crippen molar-refractivity contribution in [2.24, 2.45) is 4.99 Å². The van der Waals surface area contributed by atoms with E-state index in [4.69, 9.17) is 14.5 Å². The highest BCUT2D eigenvalue weighted by molar-refractivity contribution is 7.46. The average molecular weight is 466 g/mol. The summed E-state index contributed by atoms with van der Waals surface area (Å²) in [6, 6.07) is 9.76. The molecule has 12 heteroatoms. The van der Waals surface area contributed by atoms with Crippen LogP contribution in [0.5, 0.6) is 0 Å². The van der Waals surface area contributed by atoms with Crippen LogP contribution in [0.1, 0.15) is 31.0 Å². The Morgan fingerprint density at radius 3 is 2.53 bits per heavy atom. The lowest BCUT2D eigenvalue weighted by Gasteiger charge is -2.20. The fourth-order valence-corrected chi connectivity index (χ4v) is 3.86. The Kier molecular flexibility index (Phi) is 8.07. The second-order valence-corrected chi connectivity index (χ2v) is 8.25. The molecule has 0 radical (unpaired) electrons. The van der Waals surface area contributed by atoms with Gasteiger partial charge >= 0.3 is 7.82 Å². The quantitative estimate of drug-likeness (QED) is 0.377. The molecule has 174 valence electrons. The number of benzene rings is 1. The van der Waals surface area contributed by atoms with Crippen LogP contribution < -0.4 is 5.32 Å².